The Morgan fingerprint density at radius 2 is 1.88 bits per heavy atom. The van der Waals surface area contributed by atoms with Crippen LogP contribution in [0.25, 0.3) is 6.08 Å². The van der Waals surface area contributed by atoms with Crippen molar-refractivity contribution in [1.29, 1.82) is 0 Å². The van der Waals surface area contributed by atoms with Crippen molar-refractivity contribution in [2.45, 2.75) is 4.90 Å². The first-order valence-electron chi connectivity index (χ1n) is 7.07. The summed E-state index contributed by atoms with van der Waals surface area (Å²) in [4.78, 5) is 12.7. The molecule has 0 spiro atoms. The number of sulfonamides is 1. The van der Waals surface area contributed by atoms with E-state index in [0.717, 1.165) is 4.31 Å². The lowest BCUT2D eigenvalue weighted by molar-refractivity contribution is 0.101. The summed E-state index contributed by atoms with van der Waals surface area (Å²) in [5.74, 6) is -0.186. The number of hydrogen-bond donors (Lipinski definition) is 1. The third-order valence-corrected chi connectivity index (χ3v) is 5.68. The Balaban J connectivity index is 2.17. The van der Waals surface area contributed by atoms with E-state index in [4.69, 9.17) is 4.74 Å². The Bertz CT molecular complexity index is 963. The number of hydrogen-bond acceptors (Lipinski definition) is 5. The van der Waals surface area contributed by atoms with Crippen LogP contribution in [0, 0.1) is 0 Å². The number of benzene rings is 2. The summed E-state index contributed by atoms with van der Waals surface area (Å²) in [7, 11) is -1.04. The van der Waals surface area contributed by atoms with Crippen LogP contribution in [-0.4, -0.2) is 37.8 Å². The molecule has 2 aromatic rings. The molecule has 0 amide bonds. The van der Waals surface area contributed by atoms with Crippen LogP contribution in [0.2, 0.25) is 0 Å². The number of allylic oxidation sites excluding steroid dienone is 1. The highest BCUT2D eigenvalue weighted by Crippen LogP contribution is 2.33. The van der Waals surface area contributed by atoms with E-state index < -0.39 is 10.0 Å². The molecule has 1 aliphatic rings. The Morgan fingerprint density at radius 3 is 2.58 bits per heavy atom. The first kappa shape index (κ1) is 16.1. The molecule has 0 saturated carbocycles. The molecule has 3 rings (SSSR count). The summed E-state index contributed by atoms with van der Waals surface area (Å²) in [6.07, 6.45) is 1.46. The van der Waals surface area contributed by atoms with E-state index >= 15 is 0 Å². The zero-order valence-electron chi connectivity index (χ0n) is 13.1. The predicted molar refractivity (Wildman–Crippen MR) is 88.4 cm³/mol. The number of fused-ring (bicyclic) bond motifs is 1. The van der Waals surface area contributed by atoms with Gasteiger partial charge < -0.3 is 9.84 Å². The number of ketones is 1. The van der Waals surface area contributed by atoms with Gasteiger partial charge in [-0.05, 0) is 35.9 Å². The molecule has 0 aromatic heterocycles. The molecule has 0 atom stereocenters. The summed E-state index contributed by atoms with van der Waals surface area (Å²) >= 11 is 0. The van der Waals surface area contributed by atoms with Gasteiger partial charge in [-0.25, -0.2) is 8.42 Å². The maximum Gasteiger partial charge on any atom is 0.264 e. The molecular formula is C17H15NO5S. The minimum absolute atomic E-state index is 0.00191. The van der Waals surface area contributed by atoms with Crippen molar-refractivity contribution in [3.63, 3.8) is 0 Å². The molecule has 2 aromatic carbocycles. The van der Waals surface area contributed by atoms with E-state index in [9.17, 15) is 18.3 Å². The zero-order chi connectivity index (χ0) is 17.5. The Kier molecular flexibility index (Phi) is 3.81. The monoisotopic (exact) mass is 345 g/mol. The van der Waals surface area contributed by atoms with E-state index in [1.807, 2.05) is 0 Å². The fourth-order valence-electron chi connectivity index (χ4n) is 2.54. The van der Waals surface area contributed by atoms with Gasteiger partial charge in [0.2, 0.25) is 5.78 Å². The standard InChI is InChI=1S/C17H15NO5S/c1-18-13(9-11-7-8-14(19)15(10-11)23-2)17(20)12-5-3-4-6-16(12)24(18,21)22/h3-10,19H,1-2H3/b13-9-. The van der Waals surface area contributed by atoms with E-state index in [1.165, 1.54) is 44.5 Å². The molecule has 1 aliphatic heterocycles. The van der Waals surface area contributed by atoms with Gasteiger partial charge in [0.15, 0.2) is 11.5 Å². The maximum absolute atomic E-state index is 12.7. The molecule has 0 unspecified atom stereocenters. The minimum Gasteiger partial charge on any atom is -0.504 e. The van der Waals surface area contributed by atoms with Gasteiger partial charge in [-0.2, -0.15) is 0 Å². The first-order chi connectivity index (χ1) is 11.4. The minimum atomic E-state index is -3.78. The van der Waals surface area contributed by atoms with Gasteiger partial charge in [-0.3, -0.25) is 9.10 Å². The van der Waals surface area contributed by atoms with Crippen molar-refractivity contribution in [1.82, 2.24) is 4.31 Å². The SMILES string of the molecule is COc1cc(/C=C2/C(=O)c3ccccc3S(=O)(=O)N2C)ccc1O. The number of phenols is 1. The molecule has 24 heavy (non-hydrogen) atoms. The first-order valence-corrected chi connectivity index (χ1v) is 8.51. The molecule has 7 heteroatoms. The number of ether oxygens (including phenoxy) is 1. The third-order valence-electron chi connectivity index (χ3n) is 3.85. The van der Waals surface area contributed by atoms with Crippen LogP contribution < -0.4 is 4.74 Å². The highest BCUT2D eigenvalue weighted by atomic mass is 32.2. The quantitative estimate of drug-likeness (QED) is 0.844. The van der Waals surface area contributed by atoms with Crippen LogP contribution in [0.15, 0.2) is 53.1 Å². The normalized spacial score (nSPS) is 17.7. The average Bonchev–Trinajstić information content (AvgIpc) is 2.58. The largest absolute Gasteiger partial charge is 0.504 e. The summed E-state index contributed by atoms with van der Waals surface area (Å²) in [6, 6.07) is 10.6. The van der Waals surface area contributed by atoms with E-state index in [2.05, 4.69) is 0 Å². The lowest BCUT2D eigenvalue weighted by atomic mass is 10.1. The number of methoxy groups -OCH3 is 1. The Morgan fingerprint density at radius 1 is 1.17 bits per heavy atom. The van der Waals surface area contributed by atoms with Crippen molar-refractivity contribution in [2.24, 2.45) is 0 Å². The molecule has 6 nitrogen and oxygen atoms in total. The van der Waals surface area contributed by atoms with Crippen LogP contribution >= 0.6 is 0 Å². The third kappa shape index (κ3) is 2.43. The van der Waals surface area contributed by atoms with Crippen molar-refractivity contribution >= 4 is 21.9 Å². The number of carbonyl (C=O) groups is 1. The molecular weight excluding hydrogens is 330 g/mol. The molecule has 0 saturated heterocycles. The smallest absolute Gasteiger partial charge is 0.264 e. The second kappa shape index (κ2) is 5.68. The average molecular weight is 345 g/mol. The number of phenolic OH excluding ortho intramolecular Hbond substituents is 1. The van der Waals surface area contributed by atoms with Crippen molar-refractivity contribution in [2.75, 3.05) is 14.2 Å². The number of carbonyl (C=O) groups excluding carboxylic acids is 1. The van der Waals surface area contributed by atoms with Crippen LogP contribution in [-0.2, 0) is 10.0 Å². The van der Waals surface area contributed by atoms with E-state index in [0.29, 0.717) is 5.56 Å². The number of Topliss-reactive ketones (excluding diaryl/α,β-unsaturated/α-hetero) is 1. The molecule has 1 heterocycles. The number of likely N-dealkylation sites (N-methyl/N-ethyl adjacent to an activating group) is 1. The van der Waals surface area contributed by atoms with Gasteiger partial charge in [0.25, 0.3) is 10.0 Å². The summed E-state index contributed by atoms with van der Waals surface area (Å²) < 4.78 is 31.2. The molecule has 0 aliphatic carbocycles. The van der Waals surface area contributed by atoms with Crippen molar-refractivity contribution < 1.29 is 23.1 Å². The van der Waals surface area contributed by atoms with Crippen molar-refractivity contribution in [3.8, 4) is 11.5 Å². The fraction of sp³-hybridized carbons (Fsp3) is 0.118. The molecule has 0 bridgehead atoms. The lowest BCUT2D eigenvalue weighted by Gasteiger charge is -2.28. The predicted octanol–water partition coefficient (Wildman–Crippen LogP) is 2.26. The zero-order valence-corrected chi connectivity index (χ0v) is 13.9. The van der Waals surface area contributed by atoms with Gasteiger partial charge in [-0.15, -0.1) is 0 Å². The topological polar surface area (TPSA) is 83.9 Å². The summed E-state index contributed by atoms with van der Waals surface area (Å²) in [5.41, 5.74) is 0.712. The van der Waals surface area contributed by atoms with Crippen LogP contribution in [0.4, 0.5) is 0 Å². The Labute approximate surface area is 139 Å². The fourth-order valence-corrected chi connectivity index (χ4v) is 3.91. The van der Waals surface area contributed by atoms with Gasteiger partial charge in [0, 0.05) is 12.6 Å². The van der Waals surface area contributed by atoms with Crippen LogP contribution in [0.1, 0.15) is 15.9 Å². The second-order valence-electron chi connectivity index (χ2n) is 5.26. The van der Waals surface area contributed by atoms with Crippen LogP contribution in [0.3, 0.4) is 0 Å². The summed E-state index contributed by atoms with van der Waals surface area (Å²) in [6.45, 7) is 0. The maximum atomic E-state index is 12.7. The number of nitrogens with zero attached hydrogens (tertiary/aromatic N) is 1. The van der Waals surface area contributed by atoms with Crippen LogP contribution in [0.5, 0.6) is 11.5 Å². The molecule has 0 fully saturated rings. The lowest BCUT2D eigenvalue weighted by Crippen LogP contribution is -2.36. The van der Waals surface area contributed by atoms with Gasteiger partial charge in [0.1, 0.15) is 5.70 Å². The number of aromatic hydroxyl groups is 1. The van der Waals surface area contributed by atoms with Crippen molar-refractivity contribution in [3.05, 3.63) is 59.3 Å². The highest BCUT2D eigenvalue weighted by molar-refractivity contribution is 7.89. The van der Waals surface area contributed by atoms with Gasteiger partial charge >= 0.3 is 0 Å². The van der Waals surface area contributed by atoms with E-state index in [1.54, 1.807) is 18.2 Å². The molecule has 1 N–H and O–H groups in total. The number of rotatable bonds is 2. The van der Waals surface area contributed by atoms with E-state index in [-0.39, 0.29) is 33.4 Å². The highest BCUT2D eigenvalue weighted by Gasteiger charge is 2.36. The molecule has 124 valence electrons. The van der Waals surface area contributed by atoms with Gasteiger partial charge in [0.05, 0.1) is 12.0 Å². The Hall–Kier alpha value is -2.80. The van der Waals surface area contributed by atoms with Gasteiger partial charge in [-0.1, -0.05) is 18.2 Å². The summed E-state index contributed by atoms with van der Waals surface area (Å²) in [5, 5.41) is 9.64. The molecule has 0 radical (unpaired) electrons. The second-order valence-corrected chi connectivity index (χ2v) is 7.20.